The molecule has 0 radical (unpaired) electrons. The highest BCUT2D eigenvalue weighted by Crippen LogP contribution is 2.34. The summed E-state index contributed by atoms with van der Waals surface area (Å²) in [5.41, 5.74) is -0.422. The minimum Gasteiger partial charge on any atom is -0.351 e. The average molecular weight is 414 g/mol. The van der Waals surface area contributed by atoms with E-state index < -0.39 is 17.6 Å². The second kappa shape index (κ2) is 9.57. The molecule has 0 aliphatic heterocycles. The molecule has 0 aliphatic rings. The first-order valence-corrected chi connectivity index (χ1v) is 8.68. The van der Waals surface area contributed by atoms with E-state index in [2.05, 4.69) is 10.6 Å². The number of benzene rings is 2. The van der Waals surface area contributed by atoms with Crippen molar-refractivity contribution in [2.24, 2.45) is 0 Å². The zero-order valence-electron chi connectivity index (χ0n) is 15.0. The smallest absolute Gasteiger partial charge is 0.351 e. The Morgan fingerprint density at radius 1 is 1.04 bits per heavy atom. The van der Waals surface area contributed by atoms with E-state index in [1.54, 1.807) is 24.3 Å². The molecule has 2 N–H and O–H groups in total. The van der Waals surface area contributed by atoms with Gasteiger partial charge in [-0.25, -0.2) is 0 Å². The molecule has 2 aromatic carbocycles. The van der Waals surface area contributed by atoms with Crippen molar-refractivity contribution >= 4 is 29.1 Å². The number of amides is 2. The molecule has 0 bridgehead atoms. The standard InChI is InChI=1S/C19H19ClF3N3O2/c1-26(11-17(27)24-10-13-5-4-6-14(20)9-13)12-18(28)25-16-8-3-2-7-15(16)19(21,22)23/h2-9H,10-12H2,1H3,(H,24,27)(H,25,28). The Hall–Kier alpha value is -2.58. The van der Waals surface area contributed by atoms with Crippen molar-refractivity contribution in [3.05, 3.63) is 64.7 Å². The minimum absolute atomic E-state index is 0.0884. The van der Waals surface area contributed by atoms with E-state index in [4.69, 9.17) is 11.6 Å². The third kappa shape index (κ3) is 6.86. The zero-order valence-corrected chi connectivity index (χ0v) is 15.8. The lowest BCUT2D eigenvalue weighted by molar-refractivity contribution is -0.137. The fraction of sp³-hybridized carbons (Fsp3) is 0.263. The van der Waals surface area contributed by atoms with Crippen molar-refractivity contribution in [1.82, 2.24) is 10.2 Å². The lowest BCUT2D eigenvalue weighted by Crippen LogP contribution is -2.38. The maximum Gasteiger partial charge on any atom is 0.418 e. The second-order valence-electron chi connectivity index (χ2n) is 6.17. The molecule has 5 nitrogen and oxygen atoms in total. The molecule has 0 fully saturated rings. The van der Waals surface area contributed by atoms with Crippen LogP contribution in [0.2, 0.25) is 5.02 Å². The number of carbonyl (C=O) groups excluding carboxylic acids is 2. The highest BCUT2D eigenvalue weighted by molar-refractivity contribution is 6.30. The van der Waals surface area contributed by atoms with Crippen LogP contribution in [-0.4, -0.2) is 36.9 Å². The molecule has 2 aromatic rings. The van der Waals surface area contributed by atoms with E-state index in [-0.39, 0.29) is 31.2 Å². The van der Waals surface area contributed by atoms with Gasteiger partial charge in [0.2, 0.25) is 11.8 Å². The van der Waals surface area contributed by atoms with E-state index in [0.717, 1.165) is 11.6 Å². The highest BCUT2D eigenvalue weighted by Gasteiger charge is 2.33. The quantitative estimate of drug-likeness (QED) is 0.729. The van der Waals surface area contributed by atoms with Crippen LogP contribution >= 0.6 is 11.6 Å². The number of hydrogen-bond acceptors (Lipinski definition) is 3. The largest absolute Gasteiger partial charge is 0.418 e. The molecule has 2 amide bonds. The summed E-state index contributed by atoms with van der Waals surface area (Å²) in [5, 5.41) is 5.48. The Bertz CT molecular complexity index is 843. The number of rotatable bonds is 7. The van der Waals surface area contributed by atoms with Crippen LogP contribution in [0.5, 0.6) is 0 Å². The lowest BCUT2D eigenvalue weighted by Gasteiger charge is -2.17. The summed E-state index contributed by atoms with van der Waals surface area (Å²) in [7, 11) is 1.52. The van der Waals surface area contributed by atoms with Crippen molar-refractivity contribution in [2.45, 2.75) is 12.7 Å². The van der Waals surface area contributed by atoms with Crippen molar-refractivity contribution < 1.29 is 22.8 Å². The predicted molar refractivity (Wildman–Crippen MR) is 101 cm³/mol. The molecule has 0 aromatic heterocycles. The molecule has 28 heavy (non-hydrogen) atoms. The Balaban J connectivity index is 1.83. The van der Waals surface area contributed by atoms with Crippen molar-refractivity contribution in [3.8, 4) is 0 Å². The highest BCUT2D eigenvalue weighted by atomic mass is 35.5. The second-order valence-corrected chi connectivity index (χ2v) is 6.61. The monoisotopic (exact) mass is 413 g/mol. The normalized spacial score (nSPS) is 11.4. The van der Waals surface area contributed by atoms with Crippen LogP contribution in [0.3, 0.4) is 0 Å². The van der Waals surface area contributed by atoms with Gasteiger partial charge in [0.05, 0.1) is 24.3 Å². The summed E-state index contributed by atoms with van der Waals surface area (Å²) < 4.78 is 38.9. The number of anilines is 1. The predicted octanol–water partition coefficient (Wildman–Crippen LogP) is 3.55. The Morgan fingerprint density at radius 2 is 1.71 bits per heavy atom. The molecular weight excluding hydrogens is 395 g/mol. The third-order valence-corrected chi connectivity index (χ3v) is 3.95. The first-order chi connectivity index (χ1) is 13.1. The van der Waals surface area contributed by atoms with Gasteiger partial charge in [-0.2, -0.15) is 13.2 Å². The topological polar surface area (TPSA) is 61.4 Å². The van der Waals surface area contributed by atoms with Crippen molar-refractivity contribution in [2.75, 3.05) is 25.5 Å². The number of alkyl halides is 3. The summed E-state index contributed by atoms with van der Waals surface area (Å²) in [6.07, 6.45) is -4.57. The Morgan fingerprint density at radius 3 is 2.39 bits per heavy atom. The average Bonchev–Trinajstić information content (AvgIpc) is 2.59. The molecule has 0 spiro atoms. The van der Waals surface area contributed by atoms with E-state index in [9.17, 15) is 22.8 Å². The number of nitrogens with zero attached hydrogens (tertiary/aromatic N) is 1. The van der Waals surface area contributed by atoms with Gasteiger partial charge in [0.25, 0.3) is 0 Å². The maximum absolute atomic E-state index is 13.0. The molecule has 150 valence electrons. The summed E-state index contributed by atoms with van der Waals surface area (Å²) in [6.45, 7) is -0.0515. The van der Waals surface area contributed by atoms with Gasteiger partial charge in [-0.15, -0.1) is 0 Å². The molecule has 9 heteroatoms. The summed E-state index contributed by atoms with van der Waals surface area (Å²) in [5.74, 6) is -0.979. The third-order valence-electron chi connectivity index (χ3n) is 3.71. The fourth-order valence-electron chi connectivity index (χ4n) is 2.48. The first kappa shape index (κ1) is 21.7. The molecule has 0 atom stereocenters. The van der Waals surface area contributed by atoms with Gasteiger partial charge in [0, 0.05) is 11.6 Å². The maximum atomic E-state index is 13.0. The van der Waals surface area contributed by atoms with Crippen LogP contribution in [0.15, 0.2) is 48.5 Å². The molecule has 0 unspecified atom stereocenters. The summed E-state index contributed by atoms with van der Waals surface area (Å²) >= 11 is 5.87. The van der Waals surface area contributed by atoms with E-state index >= 15 is 0 Å². The fourth-order valence-corrected chi connectivity index (χ4v) is 2.69. The number of hydrogen-bond donors (Lipinski definition) is 2. The van der Waals surface area contributed by atoms with Crippen LogP contribution in [-0.2, 0) is 22.3 Å². The Kier molecular flexibility index (Phi) is 7.42. The lowest BCUT2D eigenvalue weighted by atomic mass is 10.1. The summed E-state index contributed by atoms with van der Waals surface area (Å²) in [4.78, 5) is 25.4. The molecule has 2 rings (SSSR count). The van der Waals surface area contributed by atoms with Gasteiger partial charge in [-0.1, -0.05) is 35.9 Å². The van der Waals surface area contributed by atoms with Crippen LogP contribution in [0.25, 0.3) is 0 Å². The van der Waals surface area contributed by atoms with Gasteiger partial charge >= 0.3 is 6.18 Å². The Labute approximate surface area is 165 Å². The van der Waals surface area contributed by atoms with E-state index in [1.165, 1.54) is 30.1 Å². The van der Waals surface area contributed by atoms with Crippen molar-refractivity contribution in [3.63, 3.8) is 0 Å². The SMILES string of the molecule is CN(CC(=O)NCc1cccc(Cl)c1)CC(=O)Nc1ccccc1C(F)(F)F. The number of nitrogens with one attached hydrogen (secondary N) is 2. The number of halogens is 4. The molecule has 0 saturated heterocycles. The summed E-state index contributed by atoms with van der Waals surface area (Å²) in [6, 6.07) is 11.7. The van der Waals surface area contributed by atoms with Gasteiger partial charge < -0.3 is 10.6 Å². The number of likely N-dealkylation sites (N-methyl/N-ethyl adjacent to an activating group) is 1. The van der Waals surface area contributed by atoms with Gasteiger partial charge in [-0.05, 0) is 36.9 Å². The van der Waals surface area contributed by atoms with Gasteiger partial charge in [-0.3, -0.25) is 14.5 Å². The van der Waals surface area contributed by atoms with Crippen LogP contribution in [0.4, 0.5) is 18.9 Å². The number of para-hydroxylation sites is 1. The molecule has 0 saturated carbocycles. The van der Waals surface area contributed by atoms with Gasteiger partial charge in [0.15, 0.2) is 0 Å². The number of carbonyl (C=O) groups is 2. The van der Waals surface area contributed by atoms with Crippen LogP contribution in [0.1, 0.15) is 11.1 Å². The van der Waals surface area contributed by atoms with Gasteiger partial charge in [0.1, 0.15) is 0 Å². The van der Waals surface area contributed by atoms with Crippen LogP contribution in [0, 0.1) is 0 Å². The van der Waals surface area contributed by atoms with Crippen molar-refractivity contribution in [1.29, 1.82) is 0 Å². The molecule has 0 heterocycles. The molecular formula is C19H19ClF3N3O2. The minimum atomic E-state index is -4.57. The van der Waals surface area contributed by atoms with E-state index in [1.807, 2.05) is 0 Å². The molecule has 0 aliphatic carbocycles. The zero-order chi connectivity index (χ0) is 20.7. The van der Waals surface area contributed by atoms with Crippen LogP contribution < -0.4 is 10.6 Å². The van der Waals surface area contributed by atoms with E-state index in [0.29, 0.717) is 5.02 Å². The first-order valence-electron chi connectivity index (χ1n) is 8.31.